The Morgan fingerprint density at radius 3 is 2.43 bits per heavy atom. The molecule has 0 bridgehead atoms. The van der Waals surface area contributed by atoms with Crippen molar-refractivity contribution in [2.24, 2.45) is 10.9 Å². The Balaban J connectivity index is 2.28. The summed E-state index contributed by atoms with van der Waals surface area (Å²) in [5.41, 5.74) is 7.78. The van der Waals surface area contributed by atoms with E-state index in [2.05, 4.69) is 5.16 Å². The zero-order chi connectivity index (χ0) is 22.4. The van der Waals surface area contributed by atoms with Gasteiger partial charge in [-0.25, -0.2) is 0 Å². The van der Waals surface area contributed by atoms with Crippen LogP contribution in [0.5, 0.6) is 0 Å². The maximum absolute atomic E-state index is 12.9. The van der Waals surface area contributed by atoms with Gasteiger partial charge in [-0.15, -0.1) is 0 Å². The van der Waals surface area contributed by atoms with E-state index in [1.54, 1.807) is 37.4 Å². The zero-order valence-electron chi connectivity index (χ0n) is 16.8. The molecule has 0 fully saturated rings. The Morgan fingerprint density at radius 2 is 1.83 bits per heavy atom. The van der Waals surface area contributed by atoms with Gasteiger partial charge in [0.15, 0.2) is 6.61 Å². The number of primary amides is 1. The van der Waals surface area contributed by atoms with Crippen LogP contribution < -0.4 is 5.73 Å². The lowest BCUT2D eigenvalue weighted by molar-refractivity contribution is -0.122. The van der Waals surface area contributed by atoms with Crippen molar-refractivity contribution in [2.45, 2.75) is 19.8 Å². The van der Waals surface area contributed by atoms with Gasteiger partial charge in [-0.1, -0.05) is 52.9 Å². The number of nitrogens with two attached hydrogens (primary N) is 1. The summed E-state index contributed by atoms with van der Waals surface area (Å²) >= 11 is 18.2. The highest BCUT2D eigenvalue weighted by Gasteiger charge is 2.21. The van der Waals surface area contributed by atoms with Crippen molar-refractivity contribution in [3.8, 4) is 0 Å². The number of carbonyl (C=O) groups excluding carboxylic acids is 2. The smallest absolute Gasteiger partial charge is 0.258 e. The molecule has 0 saturated carbocycles. The number of benzene rings is 2. The average molecular weight is 471 g/mol. The SMILES string of the molecule is Cc1cc(Cl)cc(C(=O)N(C)C/C(=N/OCC(N)=O)C(C)c2ccc(Cl)c(Cl)c2)c1. The monoisotopic (exact) mass is 469 g/mol. The number of nitrogens with zero attached hydrogens (tertiary/aromatic N) is 2. The Hall–Kier alpha value is -2.28. The van der Waals surface area contributed by atoms with Crippen molar-refractivity contribution in [3.05, 3.63) is 68.2 Å². The van der Waals surface area contributed by atoms with Gasteiger partial charge in [-0.3, -0.25) is 9.59 Å². The lowest BCUT2D eigenvalue weighted by atomic mass is 9.95. The van der Waals surface area contributed by atoms with Crippen LogP contribution in [0.1, 0.15) is 34.3 Å². The fourth-order valence-corrected chi connectivity index (χ4v) is 3.39. The summed E-state index contributed by atoms with van der Waals surface area (Å²) in [7, 11) is 1.64. The van der Waals surface area contributed by atoms with E-state index in [0.29, 0.717) is 26.3 Å². The second-order valence-electron chi connectivity index (χ2n) is 6.90. The van der Waals surface area contributed by atoms with Gasteiger partial charge in [-0.05, 0) is 48.4 Å². The van der Waals surface area contributed by atoms with Crippen LogP contribution in [0.15, 0.2) is 41.6 Å². The number of amides is 2. The summed E-state index contributed by atoms with van der Waals surface area (Å²) in [6, 6.07) is 10.4. The Bertz CT molecular complexity index is 959. The van der Waals surface area contributed by atoms with E-state index in [-0.39, 0.29) is 25.0 Å². The topological polar surface area (TPSA) is 85.0 Å². The molecule has 0 radical (unpaired) electrons. The molecule has 9 heteroatoms. The number of carbonyl (C=O) groups is 2. The van der Waals surface area contributed by atoms with E-state index in [1.807, 2.05) is 19.9 Å². The molecule has 2 aromatic carbocycles. The molecule has 1 unspecified atom stereocenters. The molecule has 30 heavy (non-hydrogen) atoms. The molecule has 2 rings (SSSR count). The second-order valence-corrected chi connectivity index (χ2v) is 8.15. The van der Waals surface area contributed by atoms with Crippen molar-refractivity contribution in [3.63, 3.8) is 0 Å². The fraction of sp³-hybridized carbons (Fsp3) is 0.286. The van der Waals surface area contributed by atoms with E-state index in [9.17, 15) is 9.59 Å². The molecule has 0 saturated heterocycles. The van der Waals surface area contributed by atoms with Crippen LogP contribution in [0, 0.1) is 6.92 Å². The Morgan fingerprint density at radius 1 is 1.13 bits per heavy atom. The number of rotatable bonds is 8. The molecule has 0 aliphatic carbocycles. The van der Waals surface area contributed by atoms with Gasteiger partial charge < -0.3 is 15.5 Å². The second kappa shape index (κ2) is 10.7. The van der Waals surface area contributed by atoms with Gasteiger partial charge >= 0.3 is 0 Å². The first kappa shape index (κ1) is 24.0. The molecular weight excluding hydrogens is 449 g/mol. The fourth-order valence-electron chi connectivity index (χ4n) is 2.79. The highest BCUT2D eigenvalue weighted by Crippen LogP contribution is 2.27. The Kier molecular flexibility index (Phi) is 8.53. The average Bonchev–Trinajstić information content (AvgIpc) is 2.67. The third kappa shape index (κ3) is 6.62. The van der Waals surface area contributed by atoms with E-state index < -0.39 is 5.91 Å². The first-order chi connectivity index (χ1) is 14.1. The lowest BCUT2D eigenvalue weighted by Gasteiger charge is -2.22. The molecule has 160 valence electrons. The minimum atomic E-state index is -0.654. The summed E-state index contributed by atoms with van der Waals surface area (Å²) in [5, 5.41) is 5.37. The maximum atomic E-state index is 12.9. The van der Waals surface area contributed by atoms with Crippen LogP contribution in [-0.2, 0) is 9.63 Å². The predicted molar refractivity (Wildman–Crippen MR) is 121 cm³/mol. The highest BCUT2D eigenvalue weighted by atomic mass is 35.5. The molecule has 2 aromatic rings. The normalized spacial score (nSPS) is 12.4. The maximum Gasteiger partial charge on any atom is 0.258 e. The number of aryl methyl sites for hydroxylation is 1. The molecule has 1 atom stereocenters. The summed E-state index contributed by atoms with van der Waals surface area (Å²) in [4.78, 5) is 30.4. The lowest BCUT2D eigenvalue weighted by Crippen LogP contribution is -2.34. The summed E-state index contributed by atoms with van der Waals surface area (Å²) < 4.78 is 0. The van der Waals surface area contributed by atoms with Crippen molar-refractivity contribution < 1.29 is 14.4 Å². The van der Waals surface area contributed by atoms with E-state index in [1.165, 1.54) is 4.90 Å². The number of halogens is 3. The van der Waals surface area contributed by atoms with E-state index in [4.69, 9.17) is 45.4 Å². The first-order valence-corrected chi connectivity index (χ1v) is 10.2. The molecule has 2 N–H and O–H groups in total. The quantitative estimate of drug-likeness (QED) is 0.449. The molecule has 0 aliphatic heterocycles. The Labute approximate surface area is 190 Å². The van der Waals surface area contributed by atoms with E-state index in [0.717, 1.165) is 11.1 Å². The molecule has 6 nitrogen and oxygen atoms in total. The van der Waals surface area contributed by atoms with Gasteiger partial charge in [-0.2, -0.15) is 0 Å². The molecule has 0 spiro atoms. The molecular formula is C21H22Cl3N3O3. The largest absolute Gasteiger partial charge is 0.386 e. The van der Waals surface area contributed by atoms with Crippen LogP contribution in [-0.4, -0.2) is 42.6 Å². The van der Waals surface area contributed by atoms with Crippen LogP contribution in [0.2, 0.25) is 15.1 Å². The number of oxime groups is 1. The summed E-state index contributed by atoms with van der Waals surface area (Å²) in [6.07, 6.45) is 0. The predicted octanol–water partition coefficient (Wildman–Crippen LogP) is 4.69. The highest BCUT2D eigenvalue weighted by molar-refractivity contribution is 6.42. The molecule has 0 aromatic heterocycles. The van der Waals surface area contributed by atoms with Gasteiger partial charge in [0.1, 0.15) is 0 Å². The van der Waals surface area contributed by atoms with Crippen molar-refractivity contribution in [1.29, 1.82) is 0 Å². The third-order valence-corrected chi connectivity index (χ3v) is 5.32. The van der Waals surface area contributed by atoms with Gasteiger partial charge in [0.2, 0.25) is 0 Å². The van der Waals surface area contributed by atoms with Crippen LogP contribution in [0.4, 0.5) is 0 Å². The first-order valence-electron chi connectivity index (χ1n) is 9.03. The number of hydrogen-bond acceptors (Lipinski definition) is 4. The van der Waals surface area contributed by atoms with Crippen molar-refractivity contribution in [2.75, 3.05) is 20.2 Å². The van der Waals surface area contributed by atoms with Gasteiger partial charge in [0.05, 0.1) is 22.3 Å². The van der Waals surface area contributed by atoms with Crippen molar-refractivity contribution >= 4 is 52.3 Å². The minimum Gasteiger partial charge on any atom is -0.386 e. The summed E-state index contributed by atoms with van der Waals surface area (Å²) in [5.74, 6) is -1.16. The standard InChI is InChI=1S/C21H22Cl3N3O3/c1-12-6-15(8-16(22)7-12)21(29)27(3)10-19(26-30-11-20(25)28)13(2)14-4-5-17(23)18(24)9-14/h4-9,13H,10-11H2,1-3H3,(H2,25,28)/b26-19-. The summed E-state index contributed by atoms with van der Waals surface area (Å²) in [6.45, 7) is 3.51. The van der Waals surface area contributed by atoms with Crippen molar-refractivity contribution in [1.82, 2.24) is 4.90 Å². The van der Waals surface area contributed by atoms with Gasteiger partial charge in [0, 0.05) is 23.6 Å². The minimum absolute atomic E-state index is 0.143. The molecule has 0 heterocycles. The van der Waals surface area contributed by atoms with Crippen LogP contribution >= 0.6 is 34.8 Å². The third-order valence-electron chi connectivity index (χ3n) is 4.37. The molecule has 2 amide bonds. The number of hydrogen-bond donors (Lipinski definition) is 1. The van der Waals surface area contributed by atoms with Crippen LogP contribution in [0.25, 0.3) is 0 Å². The molecule has 0 aliphatic rings. The van der Waals surface area contributed by atoms with E-state index >= 15 is 0 Å². The van der Waals surface area contributed by atoms with Gasteiger partial charge in [0.25, 0.3) is 11.8 Å². The zero-order valence-corrected chi connectivity index (χ0v) is 19.1. The van der Waals surface area contributed by atoms with Crippen LogP contribution in [0.3, 0.4) is 0 Å².